The minimum atomic E-state index is -0.513. The SMILES string of the molecule is [2H]C([2H])=C([2H])c1ccc(-c2ccc(N(c3ccc(-c4ccc(N(c5ccc(-c6ccc(C([2H])=C([2H])[2H])cc6)cc5-c5ccccc5)c5cccc6ccccc56)cc4)cc3)c3cccc4ccccc34)c(-c3ccccc3)c2)cc1. The van der Waals surface area contributed by atoms with Crippen molar-refractivity contribution in [2.75, 3.05) is 9.80 Å². The molecular formula is C72H52N2. The first kappa shape index (κ1) is 38.9. The van der Waals surface area contributed by atoms with Crippen LogP contribution < -0.4 is 9.80 Å². The summed E-state index contributed by atoms with van der Waals surface area (Å²) in [4.78, 5) is 4.72. The van der Waals surface area contributed by atoms with Crippen LogP contribution in [0.2, 0.25) is 0 Å². The predicted molar refractivity (Wildman–Crippen MR) is 318 cm³/mol. The Bertz CT molecular complexity index is 3980. The van der Waals surface area contributed by atoms with Gasteiger partial charge >= 0.3 is 0 Å². The first-order valence-electron chi connectivity index (χ1n) is 27.8. The third-order valence-corrected chi connectivity index (χ3v) is 14.0. The molecule has 0 bridgehead atoms. The molecule has 0 amide bonds. The highest BCUT2D eigenvalue weighted by atomic mass is 15.2. The first-order valence-corrected chi connectivity index (χ1v) is 24.8. The summed E-state index contributed by atoms with van der Waals surface area (Å²) < 4.78 is 47.2. The summed E-state index contributed by atoms with van der Waals surface area (Å²) >= 11 is 0. The molecule has 0 heterocycles. The number of rotatable bonds is 13. The lowest BCUT2D eigenvalue weighted by Gasteiger charge is -2.30. The van der Waals surface area contributed by atoms with E-state index < -0.39 is 13.1 Å². The van der Waals surface area contributed by atoms with E-state index >= 15 is 0 Å². The second-order valence-electron chi connectivity index (χ2n) is 18.4. The highest BCUT2D eigenvalue weighted by molar-refractivity contribution is 6.03. The molecule has 0 fully saturated rings. The Hall–Kier alpha value is -9.76. The number of anilines is 6. The molecule has 0 N–H and O–H groups in total. The summed E-state index contributed by atoms with van der Waals surface area (Å²) in [6, 6.07) is 96.5. The maximum absolute atomic E-state index is 8.22. The third-order valence-electron chi connectivity index (χ3n) is 14.0. The first-order chi connectivity index (χ1) is 39.2. The van der Waals surface area contributed by atoms with Crippen LogP contribution >= 0.6 is 0 Å². The van der Waals surface area contributed by atoms with E-state index in [1.54, 1.807) is 0 Å². The number of hydrogen-bond donors (Lipinski definition) is 0. The number of benzene rings is 12. The molecule has 12 aromatic rings. The Labute approximate surface area is 442 Å². The van der Waals surface area contributed by atoms with Gasteiger partial charge in [-0.05, 0) is 127 Å². The summed E-state index contributed by atoms with van der Waals surface area (Å²) in [7, 11) is 0. The molecule has 0 aliphatic heterocycles. The quantitative estimate of drug-likeness (QED) is 0.114. The minimum Gasteiger partial charge on any atom is -0.309 e. The van der Waals surface area contributed by atoms with Crippen molar-refractivity contribution < 1.29 is 8.22 Å². The lowest BCUT2D eigenvalue weighted by atomic mass is 9.95. The van der Waals surface area contributed by atoms with Gasteiger partial charge in [0.2, 0.25) is 0 Å². The number of fused-ring (bicyclic) bond motifs is 2. The fourth-order valence-corrected chi connectivity index (χ4v) is 10.2. The predicted octanol–water partition coefficient (Wildman–Crippen LogP) is 20.6. The Kier molecular flexibility index (Phi) is 10.6. The van der Waals surface area contributed by atoms with Crippen LogP contribution in [0.3, 0.4) is 0 Å². The van der Waals surface area contributed by atoms with Crippen LogP contribution in [0.5, 0.6) is 0 Å². The molecule has 74 heavy (non-hydrogen) atoms. The van der Waals surface area contributed by atoms with E-state index in [0.29, 0.717) is 11.1 Å². The molecule has 12 aromatic carbocycles. The fraction of sp³-hybridized carbons (Fsp3) is 0. The molecule has 0 unspecified atom stereocenters. The summed E-state index contributed by atoms with van der Waals surface area (Å²) in [6.07, 6.45) is 0. The van der Waals surface area contributed by atoms with Crippen LogP contribution in [0.25, 0.3) is 89.3 Å². The van der Waals surface area contributed by atoms with Gasteiger partial charge in [-0.2, -0.15) is 0 Å². The summed E-state index contributed by atoms with van der Waals surface area (Å²) in [5, 5.41) is 4.52. The van der Waals surface area contributed by atoms with Gasteiger partial charge in [0, 0.05) is 33.3 Å². The molecule has 350 valence electrons. The molecular weight excluding hydrogens is 893 g/mol. The van der Waals surface area contributed by atoms with Gasteiger partial charge in [-0.25, -0.2) is 0 Å². The van der Waals surface area contributed by atoms with Gasteiger partial charge < -0.3 is 9.80 Å². The molecule has 0 aliphatic carbocycles. The molecule has 0 saturated heterocycles. The van der Waals surface area contributed by atoms with Crippen LogP contribution in [-0.4, -0.2) is 0 Å². The second-order valence-corrected chi connectivity index (χ2v) is 18.4. The van der Waals surface area contributed by atoms with Crippen LogP contribution in [0.1, 0.15) is 19.4 Å². The van der Waals surface area contributed by atoms with Crippen molar-refractivity contribution in [3.05, 3.63) is 303 Å². The molecule has 2 nitrogen and oxygen atoms in total. The molecule has 0 saturated carbocycles. The van der Waals surface area contributed by atoms with E-state index in [1.807, 2.05) is 60.7 Å². The van der Waals surface area contributed by atoms with E-state index in [-0.39, 0.29) is 12.1 Å². The standard InChI is InChI=1S/C72H52N2/c1-3-51-29-33-55(34-30-51)61-41-47-71(67(49-61)59-17-7-5-8-18-59)73(69-27-15-23-57-21-11-13-25-65(57)69)63-43-37-53(38-44-63)54-39-45-64(46-40-54)74(70-28-16-24-58-22-12-14-26-66(58)70)72-48-42-62(56-35-31-52(4-2)32-36-56)50-68(72)60-19-9-6-10-20-60/h3-50H,1-2H2/i1D2,2D2,3D,4D. The van der Waals surface area contributed by atoms with Crippen LogP contribution in [0, 0.1) is 0 Å². The van der Waals surface area contributed by atoms with Crippen molar-refractivity contribution in [3.63, 3.8) is 0 Å². The largest absolute Gasteiger partial charge is 0.309 e. The van der Waals surface area contributed by atoms with Crippen LogP contribution in [0.15, 0.2) is 292 Å². The van der Waals surface area contributed by atoms with E-state index in [9.17, 15) is 0 Å². The zero-order valence-electron chi connectivity index (χ0n) is 46.5. The highest BCUT2D eigenvalue weighted by Gasteiger charge is 2.23. The van der Waals surface area contributed by atoms with Crippen molar-refractivity contribution in [3.8, 4) is 55.6 Å². The molecule has 0 aliphatic rings. The highest BCUT2D eigenvalue weighted by Crippen LogP contribution is 2.47. The molecule has 0 aromatic heterocycles. The van der Waals surface area contributed by atoms with Gasteiger partial charge in [-0.15, -0.1) is 0 Å². The Morgan fingerprint density at radius 3 is 1.03 bits per heavy atom. The zero-order valence-corrected chi connectivity index (χ0v) is 40.5. The Balaban J connectivity index is 0.951. The summed E-state index contributed by atoms with van der Waals surface area (Å²) in [6.45, 7) is -1.03. The summed E-state index contributed by atoms with van der Waals surface area (Å²) in [5.74, 6) is 0. The van der Waals surface area contributed by atoms with Crippen LogP contribution in [-0.2, 0) is 0 Å². The van der Waals surface area contributed by atoms with Crippen LogP contribution in [0.4, 0.5) is 34.1 Å². The molecule has 12 rings (SSSR count). The van der Waals surface area contributed by atoms with Crippen molar-refractivity contribution in [2.24, 2.45) is 0 Å². The maximum atomic E-state index is 8.22. The van der Waals surface area contributed by atoms with Crippen molar-refractivity contribution in [1.82, 2.24) is 0 Å². The molecule has 2 heteroatoms. The van der Waals surface area contributed by atoms with E-state index in [4.69, 9.17) is 8.22 Å². The van der Waals surface area contributed by atoms with Gasteiger partial charge in [-0.1, -0.05) is 244 Å². The maximum Gasteiger partial charge on any atom is 0.0623 e. The molecule has 0 spiro atoms. The Morgan fingerprint density at radius 1 is 0.284 bits per heavy atom. The van der Waals surface area contributed by atoms with Gasteiger partial charge in [0.05, 0.1) is 31.0 Å². The minimum absolute atomic E-state index is 0.110. The second kappa shape index (κ2) is 20.2. The number of nitrogens with zero attached hydrogens (tertiary/aromatic N) is 2. The smallest absolute Gasteiger partial charge is 0.0623 e. The average molecular weight is 951 g/mol. The monoisotopic (exact) mass is 950 g/mol. The van der Waals surface area contributed by atoms with Crippen molar-refractivity contribution in [1.29, 1.82) is 0 Å². The zero-order chi connectivity index (χ0) is 54.7. The van der Waals surface area contributed by atoms with Crippen molar-refractivity contribution in [2.45, 2.75) is 0 Å². The Morgan fingerprint density at radius 2 is 0.622 bits per heavy atom. The lowest BCUT2D eigenvalue weighted by Crippen LogP contribution is -2.12. The lowest BCUT2D eigenvalue weighted by molar-refractivity contribution is 1.29. The van der Waals surface area contributed by atoms with Crippen molar-refractivity contribution >= 4 is 67.8 Å². The van der Waals surface area contributed by atoms with E-state index in [2.05, 4.69) is 228 Å². The topological polar surface area (TPSA) is 6.48 Å². The van der Waals surface area contributed by atoms with Gasteiger partial charge in [0.25, 0.3) is 0 Å². The summed E-state index contributed by atoms with van der Waals surface area (Å²) in [5.41, 5.74) is 17.5. The van der Waals surface area contributed by atoms with Gasteiger partial charge in [-0.3, -0.25) is 0 Å². The normalized spacial score (nSPS) is 12.1. The van der Waals surface area contributed by atoms with E-state index in [1.165, 1.54) is 0 Å². The van der Waals surface area contributed by atoms with E-state index in [0.717, 1.165) is 111 Å². The number of hydrogen-bond acceptors (Lipinski definition) is 2. The van der Waals surface area contributed by atoms with Gasteiger partial charge in [0.15, 0.2) is 0 Å². The van der Waals surface area contributed by atoms with Gasteiger partial charge in [0.1, 0.15) is 0 Å². The third kappa shape index (κ3) is 8.87. The molecule has 0 atom stereocenters. The molecule has 0 radical (unpaired) electrons. The average Bonchev–Trinajstić information content (AvgIpc) is 3.54. The fourth-order valence-electron chi connectivity index (χ4n) is 10.2.